The second-order valence-electron chi connectivity index (χ2n) is 6.89. The van der Waals surface area contributed by atoms with E-state index in [4.69, 9.17) is 4.74 Å². The Labute approximate surface area is 169 Å². The van der Waals surface area contributed by atoms with E-state index in [0.29, 0.717) is 18.7 Å². The fourth-order valence-electron chi connectivity index (χ4n) is 3.19. The molecule has 0 radical (unpaired) electrons. The minimum atomic E-state index is -0.576. The van der Waals surface area contributed by atoms with Crippen LogP contribution in [0.2, 0.25) is 0 Å². The Morgan fingerprint density at radius 1 is 0.966 bits per heavy atom. The van der Waals surface area contributed by atoms with Crippen LogP contribution in [0.4, 0.5) is 0 Å². The third-order valence-electron chi connectivity index (χ3n) is 4.74. The maximum atomic E-state index is 12.3. The van der Waals surface area contributed by atoms with E-state index in [1.165, 1.54) is 0 Å². The van der Waals surface area contributed by atoms with Crippen molar-refractivity contribution in [2.45, 2.75) is 19.4 Å². The summed E-state index contributed by atoms with van der Waals surface area (Å²) >= 11 is 0. The number of carbonyl (C=O) groups excluding carboxylic acids is 1. The molecule has 1 unspecified atom stereocenters. The van der Waals surface area contributed by atoms with E-state index in [9.17, 15) is 4.79 Å². The van der Waals surface area contributed by atoms with E-state index in [1.54, 1.807) is 6.92 Å². The van der Waals surface area contributed by atoms with E-state index in [2.05, 4.69) is 27.4 Å². The number of imidazole rings is 1. The fourth-order valence-corrected chi connectivity index (χ4v) is 3.19. The van der Waals surface area contributed by atoms with Gasteiger partial charge in [-0.3, -0.25) is 4.79 Å². The average Bonchev–Trinajstić information content (AvgIpc) is 3.17. The molecule has 5 nitrogen and oxygen atoms in total. The minimum absolute atomic E-state index is 0.145. The van der Waals surface area contributed by atoms with Crippen molar-refractivity contribution in [1.29, 1.82) is 0 Å². The number of nitrogens with one attached hydrogen (secondary N) is 2. The number of nitrogens with zero attached hydrogens (tertiary/aromatic N) is 1. The molecule has 0 bridgehead atoms. The zero-order valence-corrected chi connectivity index (χ0v) is 16.3. The quantitative estimate of drug-likeness (QED) is 0.497. The molecule has 1 aromatic heterocycles. The zero-order chi connectivity index (χ0) is 20.1. The first-order valence-electron chi connectivity index (χ1n) is 9.72. The number of ether oxygens (including phenoxy) is 1. The molecule has 29 heavy (non-hydrogen) atoms. The van der Waals surface area contributed by atoms with Crippen LogP contribution in [0.5, 0.6) is 5.75 Å². The number of amides is 1. The molecule has 0 aliphatic heterocycles. The Balaban J connectivity index is 1.27. The van der Waals surface area contributed by atoms with Crippen LogP contribution < -0.4 is 10.1 Å². The first-order chi connectivity index (χ1) is 14.2. The summed E-state index contributed by atoms with van der Waals surface area (Å²) in [4.78, 5) is 20.1. The predicted molar refractivity (Wildman–Crippen MR) is 115 cm³/mol. The summed E-state index contributed by atoms with van der Waals surface area (Å²) < 4.78 is 5.78. The number of benzene rings is 3. The lowest BCUT2D eigenvalue weighted by Gasteiger charge is -2.15. The van der Waals surface area contributed by atoms with Gasteiger partial charge >= 0.3 is 0 Å². The van der Waals surface area contributed by atoms with Crippen molar-refractivity contribution < 1.29 is 9.53 Å². The number of fused-ring (bicyclic) bond motifs is 1. The van der Waals surface area contributed by atoms with Crippen molar-refractivity contribution in [3.63, 3.8) is 0 Å². The molecule has 146 valence electrons. The molecular weight excluding hydrogens is 362 g/mol. The SMILES string of the molecule is CC(Oc1ccc(-c2ccccc2)cc1)C(=O)NCCc1nc2ccccc2[nH]1. The van der Waals surface area contributed by atoms with Crippen molar-refractivity contribution in [3.05, 3.63) is 84.7 Å². The van der Waals surface area contributed by atoms with E-state index in [1.807, 2.05) is 66.7 Å². The van der Waals surface area contributed by atoms with E-state index < -0.39 is 6.10 Å². The summed E-state index contributed by atoms with van der Waals surface area (Å²) in [6.45, 7) is 2.25. The van der Waals surface area contributed by atoms with Gasteiger partial charge in [0, 0.05) is 13.0 Å². The summed E-state index contributed by atoms with van der Waals surface area (Å²) in [7, 11) is 0. The normalized spacial score (nSPS) is 11.9. The van der Waals surface area contributed by atoms with Crippen LogP contribution in [0.25, 0.3) is 22.2 Å². The van der Waals surface area contributed by atoms with Gasteiger partial charge in [0.15, 0.2) is 6.10 Å². The molecule has 0 saturated carbocycles. The Morgan fingerprint density at radius 2 is 1.66 bits per heavy atom. The fraction of sp³-hybridized carbons (Fsp3) is 0.167. The smallest absolute Gasteiger partial charge is 0.260 e. The molecule has 1 amide bonds. The highest BCUT2D eigenvalue weighted by Crippen LogP contribution is 2.22. The Morgan fingerprint density at radius 3 is 2.41 bits per heavy atom. The molecule has 0 fully saturated rings. The standard InChI is InChI=1S/C24H23N3O2/c1-17(29-20-13-11-19(12-14-20)18-7-3-2-4-8-18)24(28)25-16-15-23-26-21-9-5-6-10-22(21)27-23/h2-14,17H,15-16H2,1H3,(H,25,28)(H,26,27). The maximum Gasteiger partial charge on any atom is 0.260 e. The molecule has 3 aromatic carbocycles. The lowest BCUT2D eigenvalue weighted by molar-refractivity contribution is -0.127. The Kier molecular flexibility index (Phi) is 5.56. The van der Waals surface area contributed by atoms with Gasteiger partial charge in [0.2, 0.25) is 0 Å². The molecule has 2 N–H and O–H groups in total. The molecule has 4 rings (SSSR count). The largest absolute Gasteiger partial charge is 0.481 e. The third-order valence-corrected chi connectivity index (χ3v) is 4.74. The van der Waals surface area contributed by atoms with Crippen LogP contribution in [0, 0.1) is 0 Å². The minimum Gasteiger partial charge on any atom is -0.481 e. The number of carbonyl (C=O) groups is 1. The second-order valence-corrected chi connectivity index (χ2v) is 6.89. The average molecular weight is 385 g/mol. The number of aromatic amines is 1. The van der Waals surface area contributed by atoms with Crippen molar-refractivity contribution in [3.8, 4) is 16.9 Å². The number of hydrogen-bond donors (Lipinski definition) is 2. The summed E-state index contributed by atoms with van der Waals surface area (Å²) in [6.07, 6.45) is 0.0621. The molecule has 0 spiro atoms. The highest BCUT2D eigenvalue weighted by Gasteiger charge is 2.14. The van der Waals surface area contributed by atoms with Crippen LogP contribution in [-0.2, 0) is 11.2 Å². The summed E-state index contributed by atoms with van der Waals surface area (Å²) in [5.74, 6) is 1.38. The van der Waals surface area contributed by atoms with Gasteiger partial charge in [-0.1, -0.05) is 54.6 Å². The Bertz CT molecular complexity index is 1060. The number of aromatic nitrogens is 2. The molecule has 0 aliphatic rings. The summed E-state index contributed by atoms with van der Waals surface area (Å²) in [5, 5.41) is 2.91. The molecule has 1 heterocycles. The second kappa shape index (κ2) is 8.61. The van der Waals surface area contributed by atoms with E-state index in [0.717, 1.165) is 28.0 Å². The summed E-state index contributed by atoms with van der Waals surface area (Å²) in [6, 6.07) is 25.8. The maximum absolute atomic E-state index is 12.3. The van der Waals surface area contributed by atoms with Crippen molar-refractivity contribution >= 4 is 16.9 Å². The molecule has 4 aromatic rings. The van der Waals surface area contributed by atoms with Crippen LogP contribution in [0.3, 0.4) is 0 Å². The van der Waals surface area contributed by atoms with Gasteiger partial charge in [-0.05, 0) is 42.3 Å². The number of para-hydroxylation sites is 2. The van der Waals surface area contributed by atoms with Gasteiger partial charge < -0.3 is 15.0 Å². The van der Waals surface area contributed by atoms with Gasteiger partial charge in [-0.15, -0.1) is 0 Å². The topological polar surface area (TPSA) is 67.0 Å². The first kappa shape index (κ1) is 18.7. The van der Waals surface area contributed by atoms with Gasteiger partial charge in [0.25, 0.3) is 5.91 Å². The van der Waals surface area contributed by atoms with Gasteiger partial charge in [-0.2, -0.15) is 0 Å². The summed E-state index contributed by atoms with van der Waals surface area (Å²) in [5.41, 5.74) is 4.20. The Hall–Kier alpha value is -3.60. The van der Waals surface area contributed by atoms with Crippen molar-refractivity contribution in [1.82, 2.24) is 15.3 Å². The van der Waals surface area contributed by atoms with Crippen LogP contribution in [-0.4, -0.2) is 28.5 Å². The predicted octanol–water partition coefficient (Wildman–Crippen LogP) is 4.36. The highest BCUT2D eigenvalue weighted by molar-refractivity contribution is 5.80. The molecular formula is C24H23N3O2. The third kappa shape index (κ3) is 4.63. The molecule has 1 atom stereocenters. The molecule has 0 saturated heterocycles. The van der Waals surface area contributed by atoms with Gasteiger partial charge in [0.1, 0.15) is 11.6 Å². The van der Waals surface area contributed by atoms with Crippen LogP contribution >= 0.6 is 0 Å². The van der Waals surface area contributed by atoms with Crippen LogP contribution in [0.15, 0.2) is 78.9 Å². The lowest BCUT2D eigenvalue weighted by Crippen LogP contribution is -2.37. The van der Waals surface area contributed by atoms with Crippen LogP contribution in [0.1, 0.15) is 12.7 Å². The molecule has 5 heteroatoms. The number of hydrogen-bond acceptors (Lipinski definition) is 3. The van der Waals surface area contributed by atoms with Gasteiger partial charge in [0.05, 0.1) is 11.0 Å². The molecule has 0 aliphatic carbocycles. The monoisotopic (exact) mass is 385 g/mol. The number of H-pyrrole nitrogens is 1. The van der Waals surface area contributed by atoms with Gasteiger partial charge in [-0.25, -0.2) is 4.98 Å². The van der Waals surface area contributed by atoms with E-state index in [-0.39, 0.29) is 5.91 Å². The van der Waals surface area contributed by atoms with E-state index >= 15 is 0 Å². The zero-order valence-electron chi connectivity index (χ0n) is 16.3. The highest BCUT2D eigenvalue weighted by atomic mass is 16.5. The number of rotatable bonds is 7. The van der Waals surface area contributed by atoms with Crippen molar-refractivity contribution in [2.24, 2.45) is 0 Å². The first-order valence-corrected chi connectivity index (χ1v) is 9.72. The van der Waals surface area contributed by atoms with Crippen molar-refractivity contribution in [2.75, 3.05) is 6.54 Å². The lowest BCUT2D eigenvalue weighted by atomic mass is 10.1.